The summed E-state index contributed by atoms with van der Waals surface area (Å²) in [6.07, 6.45) is 3.33. The van der Waals surface area contributed by atoms with Gasteiger partial charge in [-0.1, -0.05) is 45.0 Å². The molecular formula is C21H27N3O2. The zero-order valence-electron chi connectivity index (χ0n) is 15.8. The van der Waals surface area contributed by atoms with Gasteiger partial charge >= 0.3 is 5.69 Å². The van der Waals surface area contributed by atoms with Crippen LogP contribution < -0.4 is 5.69 Å². The molecule has 0 bridgehead atoms. The van der Waals surface area contributed by atoms with Crippen LogP contribution in [0.15, 0.2) is 35.1 Å². The molecule has 0 radical (unpaired) electrons. The number of amides is 1. The van der Waals surface area contributed by atoms with Crippen molar-refractivity contribution in [1.29, 1.82) is 0 Å². The maximum Gasteiger partial charge on any atom is 0.345 e. The predicted octanol–water partition coefficient (Wildman–Crippen LogP) is 2.99. The Kier molecular flexibility index (Phi) is 5.55. The van der Waals surface area contributed by atoms with E-state index in [1.165, 1.54) is 11.1 Å². The van der Waals surface area contributed by atoms with Crippen LogP contribution >= 0.6 is 0 Å². The average Bonchev–Trinajstić information content (AvgIpc) is 3.01. The molecule has 1 aliphatic rings. The molecule has 26 heavy (non-hydrogen) atoms. The second kappa shape index (κ2) is 7.85. The summed E-state index contributed by atoms with van der Waals surface area (Å²) in [6, 6.07) is 10.2. The number of nitrogens with zero attached hydrogens (tertiary/aromatic N) is 2. The molecule has 0 spiro atoms. The number of hydrogen-bond donors (Lipinski definition) is 1. The van der Waals surface area contributed by atoms with Crippen molar-refractivity contribution in [1.82, 2.24) is 14.9 Å². The summed E-state index contributed by atoms with van der Waals surface area (Å²) < 4.78 is 0. The van der Waals surface area contributed by atoms with Crippen LogP contribution in [-0.2, 0) is 19.3 Å². The van der Waals surface area contributed by atoms with E-state index in [4.69, 9.17) is 0 Å². The Morgan fingerprint density at radius 3 is 2.50 bits per heavy atom. The van der Waals surface area contributed by atoms with Crippen LogP contribution in [0.3, 0.4) is 0 Å². The largest absolute Gasteiger partial charge is 0.345 e. The molecule has 1 aromatic heterocycles. The third kappa shape index (κ3) is 4.03. The zero-order chi connectivity index (χ0) is 18.7. The number of nitrogens with one attached hydrogen (secondary N) is 1. The number of rotatable bonds is 6. The van der Waals surface area contributed by atoms with Crippen molar-refractivity contribution in [2.45, 2.75) is 52.5 Å². The van der Waals surface area contributed by atoms with E-state index in [2.05, 4.69) is 42.9 Å². The Labute approximate surface area is 154 Å². The van der Waals surface area contributed by atoms with Crippen molar-refractivity contribution in [3.8, 4) is 0 Å². The average molecular weight is 353 g/mol. The topological polar surface area (TPSA) is 66.1 Å². The quantitative estimate of drug-likeness (QED) is 0.868. The number of carbonyl (C=O) groups is 1. The molecular weight excluding hydrogens is 326 g/mol. The van der Waals surface area contributed by atoms with Gasteiger partial charge in [0.1, 0.15) is 5.69 Å². The minimum atomic E-state index is -0.447. The van der Waals surface area contributed by atoms with E-state index >= 15 is 0 Å². The third-order valence-corrected chi connectivity index (χ3v) is 4.84. The number of hydrogen-bond acceptors (Lipinski definition) is 3. The zero-order valence-corrected chi connectivity index (χ0v) is 15.8. The number of aromatic amines is 1. The second-order valence-electron chi connectivity index (χ2n) is 7.52. The van der Waals surface area contributed by atoms with Gasteiger partial charge in [-0.15, -0.1) is 0 Å². The van der Waals surface area contributed by atoms with Crippen molar-refractivity contribution < 1.29 is 4.79 Å². The van der Waals surface area contributed by atoms with E-state index in [9.17, 15) is 9.59 Å². The first kappa shape index (κ1) is 18.4. The van der Waals surface area contributed by atoms with Gasteiger partial charge in [-0.2, -0.15) is 4.98 Å². The molecule has 0 saturated carbocycles. The highest BCUT2D eigenvalue weighted by Gasteiger charge is 2.30. The van der Waals surface area contributed by atoms with Gasteiger partial charge in [0.2, 0.25) is 0 Å². The summed E-state index contributed by atoms with van der Waals surface area (Å²) >= 11 is 0. The molecule has 0 saturated heterocycles. The molecule has 5 heteroatoms. The molecule has 1 aromatic carbocycles. The molecule has 2 aromatic rings. The lowest BCUT2D eigenvalue weighted by Gasteiger charge is -2.28. The number of aromatic nitrogens is 2. The van der Waals surface area contributed by atoms with Crippen molar-refractivity contribution in [2.24, 2.45) is 5.92 Å². The van der Waals surface area contributed by atoms with Crippen LogP contribution in [0, 0.1) is 5.92 Å². The molecule has 3 rings (SSSR count). The summed E-state index contributed by atoms with van der Waals surface area (Å²) in [5.74, 6) is 0.257. The van der Waals surface area contributed by atoms with Gasteiger partial charge in [0.05, 0.1) is 0 Å². The monoisotopic (exact) mass is 353 g/mol. The molecule has 0 aliphatic heterocycles. The SMILES string of the molecule is CCCN(C(=O)c1cc(CC(C)C)[nH]c(=O)n1)C1Cc2ccccc2C1. The van der Waals surface area contributed by atoms with E-state index in [0.29, 0.717) is 12.5 Å². The molecule has 5 nitrogen and oxygen atoms in total. The minimum absolute atomic E-state index is 0.134. The molecule has 1 heterocycles. The van der Waals surface area contributed by atoms with Gasteiger partial charge in [0.25, 0.3) is 5.91 Å². The van der Waals surface area contributed by atoms with Crippen LogP contribution in [0.25, 0.3) is 0 Å². The Bertz CT molecular complexity index is 816. The third-order valence-electron chi connectivity index (χ3n) is 4.84. The normalized spacial score (nSPS) is 13.8. The van der Waals surface area contributed by atoms with Crippen molar-refractivity contribution in [2.75, 3.05) is 6.54 Å². The maximum atomic E-state index is 13.2. The van der Waals surface area contributed by atoms with Gasteiger partial charge in [0.15, 0.2) is 0 Å². The van der Waals surface area contributed by atoms with E-state index in [0.717, 1.165) is 31.4 Å². The molecule has 138 valence electrons. The second-order valence-corrected chi connectivity index (χ2v) is 7.52. The lowest BCUT2D eigenvalue weighted by molar-refractivity contribution is 0.0678. The van der Waals surface area contributed by atoms with Crippen molar-refractivity contribution in [3.05, 3.63) is 63.3 Å². The molecule has 0 unspecified atom stereocenters. The van der Waals surface area contributed by atoms with Gasteiger partial charge in [0, 0.05) is 18.3 Å². The lowest BCUT2D eigenvalue weighted by Crippen LogP contribution is -2.42. The molecule has 0 fully saturated rings. The Balaban J connectivity index is 1.86. The first-order valence-electron chi connectivity index (χ1n) is 9.46. The summed E-state index contributed by atoms with van der Waals surface area (Å²) in [5.41, 5.74) is 3.21. The van der Waals surface area contributed by atoms with Gasteiger partial charge in [-0.05, 0) is 48.8 Å². The summed E-state index contributed by atoms with van der Waals surface area (Å²) in [5, 5.41) is 0. The van der Waals surface area contributed by atoms with Crippen LogP contribution in [0.5, 0.6) is 0 Å². The number of benzene rings is 1. The van der Waals surface area contributed by atoms with Crippen LogP contribution in [-0.4, -0.2) is 33.4 Å². The number of carbonyl (C=O) groups excluding carboxylic acids is 1. The molecule has 0 atom stereocenters. The van der Waals surface area contributed by atoms with Crippen LogP contribution in [0.2, 0.25) is 0 Å². The molecule has 1 amide bonds. The fourth-order valence-corrected chi connectivity index (χ4v) is 3.76. The van der Waals surface area contributed by atoms with Gasteiger partial charge < -0.3 is 9.88 Å². The Morgan fingerprint density at radius 1 is 1.27 bits per heavy atom. The Hall–Kier alpha value is -2.43. The van der Waals surface area contributed by atoms with E-state index in [1.54, 1.807) is 6.07 Å². The van der Waals surface area contributed by atoms with Crippen LogP contribution in [0.4, 0.5) is 0 Å². The highest BCUT2D eigenvalue weighted by atomic mass is 16.2. The first-order valence-corrected chi connectivity index (χ1v) is 9.46. The minimum Gasteiger partial charge on any atom is -0.334 e. The number of H-pyrrole nitrogens is 1. The summed E-state index contributed by atoms with van der Waals surface area (Å²) in [7, 11) is 0. The van der Waals surface area contributed by atoms with E-state index in [-0.39, 0.29) is 17.6 Å². The number of fused-ring (bicyclic) bond motifs is 1. The molecule has 1 aliphatic carbocycles. The fraction of sp³-hybridized carbons (Fsp3) is 0.476. The summed E-state index contributed by atoms with van der Waals surface area (Å²) in [4.78, 5) is 33.7. The summed E-state index contributed by atoms with van der Waals surface area (Å²) in [6.45, 7) is 6.90. The van der Waals surface area contributed by atoms with Crippen LogP contribution in [0.1, 0.15) is 54.5 Å². The smallest absolute Gasteiger partial charge is 0.334 e. The molecule has 1 N–H and O–H groups in total. The van der Waals surface area contributed by atoms with Gasteiger partial charge in [-0.3, -0.25) is 4.79 Å². The van der Waals surface area contributed by atoms with Crippen molar-refractivity contribution in [3.63, 3.8) is 0 Å². The Morgan fingerprint density at radius 2 is 1.92 bits per heavy atom. The maximum absolute atomic E-state index is 13.2. The highest BCUT2D eigenvalue weighted by Crippen LogP contribution is 2.26. The van der Waals surface area contributed by atoms with E-state index < -0.39 is 5.69 Å². The lowest BCUT2D eigenvalue weighted by atomic mass is 10.1. The van der Waals surface area contributed by atoms with Crippen molar-refractivity contribution >= 4 is 5.91 Å². The van der Waals surface area contributed by atoms with E-state index in [1.807, 2.05) is 17.0 Å². The standard InChI is InChI=1S/C21H27N3O2/c1-4-9-24(18-11-15-7-5-6-8-16(15)12-18)20(25)19-13-17(10-14(2)3)22-21(26)23-19/h5-8,13-14,18H,4,9-12H2,1-3H3,(H,22,23,26). The first-order chi connectivity index (χ1) is 12.5. The van der Waals surface area contributed by atoms with Gasteiger partial charge in [-0.25, -0.2) is 4.79 Å². The fourth-order valence-electron chi connectivity index (χ4n) is 3.76. The highest BCUT2D eigenvalue weighted by molar-refractivity contribution is 5.92. The predicted molar refractivity (Wildman–Crippen MR) is 102 cm³/mol.